The van der Waals surface area contributed by atoms with E-state index in [1.54, 1.807) is 13.0 Å². The van der Waals surface area contributed by atoms with Crippen LogP contribution in [-0.2, 0) is 11.3 Å². The number of fused-ring (bicyclic) bond motifs is 1. The number of hydrogen-bond donors (Lipinski definition) is 1. The Balaban J connectivity index is 1.82. The number of nitrogens with zero attached hydrogens (tertiary/aromatic N) is 2. The number of aromatic nitrogens is 3. The summed E-state index contributed by atoms with van der Waals surface area (Å²) in [5.74, 6) is -0.379. The van der Waals surface area contributed by atoms with Gasteiger partial charge in [-0.3, -0.25) is 5.10 Å². The molecule has 0 aliphatic rings. The van der Waals surface area contributed by atoms with Crippen LogP contribution in [0.25, 0.3) is 11.0 Å². The van der Waals surface area contributed by atoms with Crippen molar-refractivity contribution in [2.75, 3.05) is 0 Å². The number of pyridine rings is 1. The Bertz CT molecular complexity index is 799. The molecule has 0 saturated heterocycles. The van der Waals surface area contributed by atoms with Crippen molar-refractivity contribution in [3.05, 3.63) is 56.9 Å². The van der Waals surface area contributed by atoms with Crippen LogP contribution in [0.15, 0.2) is 36.4 Å². The lowest BCUT2D eigenvalue weighted by Gasteiger charge is -2.07. The minimum Gasteiger partial charge on any atom is -0.457 e. The Kier molecular flexibility index (Phi) is 3.87. The molecule has 21 heavy (non-hydrogen) atoms. The molecule has 3 rings (SSSR count). The fourth-order valence-corrected chi connectivity index (χ4v) is 2.55. The van der Waals surface area contributed by atoms with Crippen LogP contribution in [0.1, 0.15) is 21.6 Å². The maximum Gasteiger partial charge on any atom is 0.340 e. The largest absolute Gasteiger partial charge is 0.457 e. The van der Waals surface area contributed by atoms with Crippen LogP contribution in [0.5, 0.6) is 0 Å². The fourth-order valence-electron chi connectivity index (χ4n) is 2.02. The van der Waals surface area contributed by atoms with E-state index in [0.29, 0.717) is 11.3 Å². The number of rotatable bonds is 3. The Labute approximate surface area is 134 Å². The average molecular weight is 393 g/mol. The number of ether oxygens (including phenoxy) is 1. The number of nitrogens with one attached hydrogen (secondary N) is 1. The van der Waals surface area contributed by atoms with Gasteiger partial charge in [0.15, 0.2) is 0 Å². The molecule has 0 bridgehead atoms. The average Bonchev–Trinajstić information content (AvgIpc) is 2.86. The van der Waals surface area contributed by atoms with Gasteiger partial charge in [-0.1, -0.05) is 30.3 Å². The topological polar surface area (TPSA) is 67.9 Å². The molecule has 0 atom stereocenters. The summed E-state index contributed by atoms with van der Waals surface area (Å²) < 4.78 is 6.12. The fraction of sp³-hybridized carbons (Fsp3) is 0.133. The number of halogens is 1. The molecule has 106 valence electrons. The zero-order valence-corrected chi connectivity index (χ0v) is 13.4. The van der Waals surface area contributed by atoms with E-state index in [-0.39, 0.29) is 12.6 Å². The molecule has 0 unspecified atom stereocenters. The van der Waals surface area contributed by atoms with Crippen LogP contribution in [0, 0.1) is 10.6 Å². The lowest BCUT2D eigenvalue weighted by atomic mass is 10.2. The van der Waals surface area contributed by atoms with Crippen LogP contribution >= 0.6 is 22.6 Å². The molecule has 0 fully saturated rings. The standard InChI is InChI=1S/C15H12IN3O2/c1-9-11(7-12-13(17-9)14(16)19-18-12)15(20)21-8-10-5-3-2-4-6-10/h2-7H,8H2,1H3,(H,18,19). The van der Waals surface area contributed by atoms with Gasteiger partial charge in [0.05, 0.1) is 16.8 Å². The molecule has 0 aliphatic heterocycles. The monoisotopic (exact) mass is 393 g/mol. The van der Waals surface area contributed by atoms with Crippen LogP contribution in [0.2, 0.25) is 0 Å². The third kappa shape index (κ3) is 2.90. The molecule has 0 aliphatic carbocycles. The van der Waals surface area contributed by atoms with Gasteiger partial charge in [-0.2, -0.15) is 5.10 Å². The molecular weight excluding hydrogens is 381 g/mol. The van der Waals surface area contributed by atoms with Gasteiger partial charge in [-0.15, -0.1) is 0 Å². The maximum absolute atomic E-state index is 12.2. The molecular formula is C15H12IN3O2. The first-order valence-electron chi connectivity index (χ1n) is 6.37. The van der Waals surface area contributed by atoms with Gasteiger partial charge >= 0.3 is 5.97 Å². The summed E-state index contributed by atoms with van der Waals surface area (Å²) in [7, 11) is 0. The summed E-state index contributed by atoms with van der Waals surface area (Å²) in [6, 6.07) is 11.3. The quantitative estimate of drug-likeness (QED) is 0.548. The molecule has 1 N–H and O–H groups in total. The van der Waals surface area contributed by atoms with Crippen molar-refractivity contribution in [2.45, 2.75) is 13.5 Å². The van der Waals surface area contributed by atoms with Crippen molar-refractivity contribution in [1.82, 2.24) is 15.2 Å². The predicted octanol–water partition coefficient (Wildman–Crippen LogP) is 3.23. The lowest BCUT2D eigenvalue weighted by Crippen LogP contribution is -2.08. The van der Waals surface area contributed by atoms with E-state index in [1.807, 2.05) is 30.3 Å². The van der Waals surface area contributed by atoms with Gasteiger partial charge in [-0.05, 0) is 41.1 Å². The summed E-state index contributed by atoms with van der Waals surface area (Å²) in [5.41, 5.74) is 3.55. The number of benzene rings is 1. The Morgan fingerprint density at radius 3 is 2.86 bits per heavy atom. The maximum atomic E-state index is 12.2. The highest BCUT2D eigenvalue weighted by atomic mass is 127. The van der Waals surface area contributed by atoms with Crippen molar-refractivity contribution in [1.29, 1.82) is 0 Å². The zero-order valence-electron chi connectivity index (χ0n) is 11.3. The van der Waals surface area contributed by atoms with E-state index in [2.05, 4.69) is 37.8 Å². The minimum atomic E-state index is -0.379. The first-order valence-corrected chi connectivity index (χ1v) is 7.45. The molecule has 0 radical (unpaired) electrons. The Morgan fingerprint density at radius 2 is 2.10 bits per heavy atom. The van der Waals surface area contributed by atoms with Crippen LogP contribution in [0.3, 0.4) is 0 Å². The molecule has 3 aromatic rings. The highest BCUT2D eigenvalue weighted by Crippen LogP contribution is 2.19. The molecule has 6 heteroatoms. The summed E-state index contributed by atoms with van der Waals surface area (Å²) in [6.07, 6.45) is 0. The Hall–Kier alpha value is -1.96. The van der Waals surface area contributed by atoms with Crippen molar-refractivity contribution in [2.24, 2.45) is 0 Å². The van der Waals surface area contributed by atoms with Gasteiger partial charge < -0.3 is 4.74 Å². The van der Waals surface area contributed by atoms with Crippen molar-refractivity contribution in [3.8, 4) is 0 Å². The second kappa shape index (κ2) is 5.80. The van der Waals surface area contributed by atoms with Gasteiger partial charge in [0.1, 0.15) is 15.8 Å². The summed E-state index contributed by atoms with van der Waals surface area (Å²) in [6.45, 7) is 2.04. The Morgan fingerprint density at radius 1 is 1.33 bits per heavy atom. The minimum absolute atomic E-state index is 0.248. The van der Waals surface area contributed by atoms with Gasteiger partial charge in [-0.25, -0.2) is 9.78 Å². The van der Waals surface area contributed by atoms with Gasteiger partial charge in [0.25, 0.3) is 0 Å². The number of H-pyrrole nitrogens is 1. The van der Waals surface area contributed by atoms with Gasteiger partial charge in [0.2, 0.25) is 0 Å². The van der Waals surface area contributed by atoms with Crippen LogP contribution in [-0.4, -0.2) is 21.2 Å². The summed E-state index contributed by atoms with van der Waals surface area (Å²) >= 11 is 2.10. The normalized spacial score (nSPS) is 10.8. The number of hydrogen-bond acceptors (Lipinski definition) is 4. The van der Waals surface area contributed by atoms with E-state index >= 15 is 0 Å². The van der Waals surface area contributed by atoms with Crippen molar-refractivity contribution >= 4 is 39.6 Å². The van der Waals surface area contributed by atoms with Crippen LogP contribution in [0.4, 0.5) is 0 Å². The highest BCUT2D eigenvalue weighted by Gasteiger charge is 2.15. The van der Waals surface area contributed by atoms with Crippen LogP contribution < -0.4 is 0 Å². The molecule has 0 amide bonds. The smallest absolute Gasteiger partial charge is 0.340 e. The summed E-state index contributed by atoms with van der Waals surface area (Å²) in [4.78, 5) is 16.6. The van der Waals surface area contributed by atoms with E-state index in [9.17, 15) is 4.79 Å². The molecule has 0 saturated carbocycles. The van der Waals surface area contributed by atoms with E-state index in [1.165, 1.54) is 0 Å². The highest BCUT2D eigenvalue weighted by molar-refractivity contribution is 14.1. The number of aryl methyl sites for hydroxylation is 1. The van der Waals surface area contributed by atoms with E-state index in [0.717, 1.165) is 20.3 Å². The zero-order chi connectivity index (χ0) is 14.8. The number of carbonyl (C=O) groups is 1. The number of aromatic amines is 1. The summed E-state index contributed by atoms with van der Waals surface area (Å²) in [5, 5.41) is 6.93. The lowest BCUT2D eigenvalue weighted by molar-refractivity contribution is 0.0471. The second-order valence-corrected chi connectivity index (χ2v) is 5.62. The first-order chi connectivity index (χ1) is 10.1. The molecule has 0 spiro atoms. The molecule has 1 aromatic carbocycles. The van der Waals surface area contributed by atoms with E-state index in [4.69, 9.17) is 4.74 Å². The molecule has 2 aromatic heterocycles. The number of esters is 1. The van der Waals surface area contributed by atoms with Crippen molar-refractivity contribution in [3.63, 3.8) is 0 Å². The SMILES string of the molecule is Cc1nc2c(I)n[nH]c2cc1C(=O)OCc1ccccc1. The molecule has 5 nitrogen and oxygen atoms in total. The predicted molar refractivity (Wildman–Crippen MR) is 86.9 cm³/mol. The number of carbonyl (C=O) groups excluding carboxylic acids is 1. The third-order valence-electron chi connectivity index (χ3n) is 3.12. The second-order valence-electron chi connectivity index (χ2n) is 4.59. The van der Waals surface area contributed by atoms with Crippen molar-refractivity contribution < 1.29 is 9.53 Å². The van der Waals surface area contributed by atoms with Gasteiger partial charge in [0, 0.05) is 0 Å². The van der Waals surface area contributed by atoms with E-state index < -0.39 is 0 Å². The molecule has 2 heterocycles. The first kappa shape index (κ1) is 14.0. The third-order valence-corrected chi connectivity index (χ3v) is 3.87.